The van der Waals surface area contributed by atoms with Crippen LogP contribution in [-0.4, -0.2) is 23.8 Å². The summed E-state index contributed by atoms with van der Waals surface area (Å²) in [6.45, 7) is 1.47. The summed E-state index contributed by atoms with van der Waals surface area (Å²) in [5.41, 5.74) is 0.639. The average molecular weight is 230 g/mol. The molecule has 1 aromatic heterocycles. The molecule has 1 heterocycles. The molecule has 0 amide bonds. The van der Waals surface area contributed by atoms with Crippen molar-refractivity contribution in [2.45, 2.75) is 24.7 Å². The van der Waals surface area contributed by atoms with E-state index < -0.39 is 21.4 Å². The molecule has 0 saturated heterocycles. The van der Waals surface area contributed by atoms with Crippen molar-refractivity contribution in [1.29, 1.82) is 0 Å². The minimum atomic E-state index is -3.58. The van der Waals surface area contributed by atoms with Gasteiger partial charge in [-0.3, -0.25) is 4.98 Å². The van der Waals surface area contributed by atoms with E-state index in [-0.39, 0.29) is 6.42 Å². The van der Waals surface area contributed by atoms with Gasteiger partial charge in [0.05, 0.1) is 11.4 Å². The van der Waals surface area contributed by atoms with Gasteiger partial charge in [0, 0.05) is 12.4 Å². The predicted octanol–water partition coefficient (Wildman–Crippen LogP) is 0.182. The minimum Gasteiger partial charge on any atom is -0.388 e. The first-order chi connectivity index (χ1) is 6.91. The third kappa shape index (κ3) is 3.58. The molecule has 84 valence electrons. The van der Waals surface area contributed by atoms with Crippen LogP contribution in [0.25, 0.3) is 0 Å². The zero-order chi connectivity index (χ0) is 11.5. The van der Waals surface area contributed by atoms with Crippen LogP contribution in [0.5, 0.6) is 0 Å². The summed E-state index contributed by atoms with van der Waals surface area (Å²) >= 11 is 0. The van der Waals surface area contributed by atoms with Crippen LogP contribution in [0.2, 0.25) is 0 Å². The fraction of sp³-hybridized carbons (Fsp3) is 0.444. The normalized spacial score (nSPS) is 15.9. The zero-order valence-electron chi connectivity index (χ0n) is 8.37. The molecule has 3 N–H and O–H groups in total. The first-order valence-corrected chi connectivity index (χ1v) is 6.12. The highest BCUT2D eigenvalue weighted by atomic mass is 32.2. The van der Waals surface area contributed by atoms with Gasteiger partial charge in [-0.25, -0.2) is 13.6 Å². The van der Waals surface area contributed by atoms with Crippen LogP contribution in [0.1, 0.15) is 25.0 Å². The Kier molecular flexibility index (Phi) is 3.78. The smallest absolute Gasteiger partial charge is 0.211 e. The number of pyridine rings is 1. The van der Waals surface area contributed by atoms with Crippen molar-refractivity contribution in [3.63, 3.8) is 0 Å². The van der Waals surface area contributed by atoms with Gasteiger partial charge in [0.25, 0.3) is 0 Å². The summed E-state index contributed by atoms with van der Waals surface area (Å²) in [6.07, 6.45) is 2.34. The highest BCUT2D eigenvalue weighted by molar-refractivity contribution is 7.89. The van der Waals surface area contributed by atoms with Crippen molar-refractivity contribution in [3.05, 3.63) is 30.1 Å². The first-order valence-electron chi connectivity index (χ1n) is 4.51. The van der Waals surface area contributed by atoms with Gasteiger partial charge >= 0.3 is 0 Å². The Hall–Kier alpha value is -0.980. The van der Waals surface area contributed by atoms with E-state index in [4.69, 9.17) is 5.14 Å². The van der Waals surface area contributed by atoms with Gasteiger partial charge in [0.2, 0.25) is 10.0 Å². The first kappa shape index (κ1) is 12.1. The van der Waals surface area contributed by atoms with E-state index in [2.05, 4.69) is 4.98 Å². The summed E-state index contributed by atoms with van der Waals surface area (Å²) < 4.78 is 21.9. The fourth-order valence-corrected chi connectivity index (χ4v) is 1.62. The van der Waals surface area contributed by atoms with E-state index in [0.717, 1.165) is 0 Å². The summed E-state index contributed by atoms with van der Waals surface area (Å²) in [7, 11) is -3.58. The van der Waals surface area contributed by atoms with E-state index >= 15 is 0 Å². The van der Waals surface area contributed by atoms with E-state index in [1.807, 2.05) is 0 Å². The number of sulfonamides is 1. The van der Waals surface area contributed by atoms with Crippen molar-refractivity contribution in [2.24, 2.45) is 5.14 Å². The molecule has 0 aliphatic carbocycles. The molecule has 5 nitrogen and oxygen atoms in total. The molecule has 0 aliphatic rings. The van der Waals surface area contributed by atoms with Gasteiger partial charge in [0.15, 0.2) is 0 Å². The topological polar surface area (TPSA) is 93.3 Å². The number of hydrogen-bond acceptors (Lipinski definition) is 4. The highest BCUT2D eigenvalue weighted by Gasteiger charge is 2.20. The van der Waals surface area contributed by atoms with Crippen molar-refractivity contribution in [1.82, 2.24) is 4.98 Å². The standard InChI is InChI=1S/C9H14N2O3S/c1-7(15(10,13)14)6-9(12)8-2-4-11-5-3-8/h2-5,7,9,12H,6H2,1H3,(H2,10,13,14). The van der Waals surface area contributed by atoms with Gasteiger partial charge in [-0.1, -0.05) is 0 Å². The van der Waals surface area contributed by atoms with E-state index in [1.54, 1.807) is 24.5 Å². The summed E-state index contributed by atoms with van der Waals surface area (Å²) in [6, 6.07) is 3.28. The lowest BCUT2D eigenvalue weighted by Gasteiger charge is -2.14. The van der Waals surface area contributed by atoms with Crippen molar-refractivity contribution < 1.29 is 13.5 Å². The number of aliphatic hydroxyl groups is 1. The third-order valence-electron chi connectivity index (χ3n) is 2.21. The zero-order valence-corrected chi connectivity index (χ0v) is 9.18. The number of nitrogens with zero attached hydrogens (tertiary/aromatic N) is 1. The van der Waals surface area contributed by atoms with Crippen LogP contribution >= 0.6 is 0 Å². The molecule has 1 aromatic rings. The van der Waals surface area contributed by atoms with Crippen molar-refractivity contribution >= 4 is 10.0 Å². The number of rotatable bonds is 4. The van der Waals surface area contributed by atoms with E-state index in [1.165, 1.54) is 6.92 Å². The molecular formula is C9H14N2O3S. The number of aliphatic hydroxyl groups excluding tert-OH is 1. The molecule has 0 radical (unpaired) electrons. The molecule has 0 saturated carbocycles. The second-order valence-electron chi connectivity index (χ2n) is 3.43. The lowest BCUT2D eigenvalue weighted by molar-refractivity contribution is 0.167. The number of primary sulfonamides is 1. The quantitative estimate of drug-likeness (QED) is 0.771. The van der Waals surface area contributed by atoms with Gasteiger partial charge in [-0.2, -0.15) is 0 Å². The van der Waals surface area contributed by atoms with Crippen LogP contribution in [0.15, 0.2) is 24.5 Å². The lowest BCUT2D eigenvalue weighted by Crippen LogP contribution is -2.27. The van der Waals surface area contributed by atoms with Gasteiger partial charge in [-0.05, 0) is 31.0 Å². The lowest BCUT2D eigenvalue weighted by atomic mass is 10.1. The highest BCUT2D eigenvalue weighted by Crippen LogP contribution is 2.19. The molecule has 2 unspecified atom stereocenters. The van der Waals surface area contributed by atoms with Crippen LogP contribution in [0.4, 0.5) is 0 Å². The summed E-state index contributed by atoms with van der Waals surface area (Å²) in [4.78, 5) is 3.80. The van der Waals surface area contributed by atoms with Gasteiger partial charge in [-0.15, -0.1) is 0 Å². The largest absolute Gasteiger partial charge is 0.388 e. The second-order valence-corrected chi connectivity index (χ2v) is 5.41. The van der Waals surface area contributed by atoms with Gasteiger partial charge in [0.1, 0.15) is 0 Å². The monoisotopic (exact) mass is 230 g/mol. The third-order valence-corrected chi connectivity index (χ3v) is 3.52. The van der Waals surface area contributed by atoms with Crippen LogP contribution in [0.3, 0.4) is 0 Å². The maximum atomic E-state index is 11.0. The molecule has 0 fully saturated rings. The van der Waals surface area contributed by atoms with E-state index in [9.17, 15) is 13.5 Å². The number of aromatic nitrogens is 1. The van der Waals surface area contributed by atoms with Crippen molar-refractivity contribution in [2.75, 3.05) is 0 Å². The Labute approximate surface area is 89.0 Å². The second kappa shape index (κ2) is 4.69. The maximum Gasteiger partial charge on any atom is 0.211 e. The molecule has 1 rings (SSSR count). The Morgan fingerprint density at radius 2 is 2.00 bits per heavy atom. The molecule has 0 aromatic carbocycles. The Morgan fingerprint density at radius 3 is 2.47 bits per heavy atom. The molecule has 0 aliphatic heterocycles. The molecule has 0 bridgehead atoms. The minimum absolute atomic E-state index is 0.0862. The Balaban J connectivity index is 2.69. The number of hydrogen-bond donors (Lipinski definition) is 2. The molecule has 15 heavy (non-hydrogen) atoms. The maximum absolute atomic E-state index is 11.0. The fourth-order valence-electron chi connectivity index (χ4n) is 1.17. The summed E-state index contributed by atoms with van der Waals surface area (Å²) in [5, 5.41) is 13.9. The van der Waals surface area contributed by atoms with Crippen molar-refractivity contribution in [3.8, 4) is 0 Å². The predicted molar refractivity (Wildman–Crippen MR) is 56.4 cm³/mol. The molecular weight excluding hydrogens is 216 g/mol. The average Bonchev–Trinajstić information content (AvgIpc) is 2.17. The van der Waals surface area contributed by atoms with E-state index in [0.29, 0.717) is 5.56 Å². The SMILES string of the molecule is CC(CC(O)c1ccncc1)S(N)(=O)=O. The van der Waals surface area contributed by atoms with Crippen LogP contribution in [0, 0.1) is 0 Å². The van der Waals surface area contributed by atoms with Gasteiger partial charge < -0.3 is 5.11 Å². The molecule has 2 atom stereocenters. The molecule has 0 spiro atoms. The Morgan fingerprint density at radius 1 is 1.47 bits per heavy atom. The molecule has 6 heteroatoms. The van der Waals surface area contributed by atoms with Crippen LogP contribution < -0.4 is 5.14 Å². The number of nitrogens with two attached hydrogens (primary N) is 1. The van der Waals surface area contributed by atoms with Crippen LogP contribution in [-0.2, 0) is 10.0 Å². The Bertz CT molecular complexity index is 405. The summed E-state index contributed by atoms with van der Waals surface area (Å²) in [5.74, 6) is 0.